The third kappa shape index (κ3) is 3.53. The fourth-order valence-corrected chi connectivity index (χ4v) is 1.79. The predicted molar refractivity (Wildman–Crippen MR) is 72.7 cm³/mol. The van der Waals surface area contributed by atoms with Gasteiger partial charge in [-0.15, -0.1) is 0 Å². The highest BCUT2D eigenvalue weighted by Crippen LogP contribution is 2.09. The molecule has 4 nitrogen and oxygen atoms in total. The summed E-state index contributed by atoms with van der Waals surface area (Å²) in [5.74, 6) is 4.67. The number of rotatable bonds is 2. The Hall–Kier alpha value is -2.45. The lowest BCUT2D eigenvalue weighted by Gasteiger charge is -2.06. The first-order chi connectivity index (χ1) is 9.58. The molecule has 2 aromatic rings. The van der Waals surface area contributed by atoms with E-state index < -0.39 is 5.82 Å². The van der Waals surface area contributed by atoms with Crippen LogP contribution in [0.1, 0.15) is 16.8 Å². The Morgan fingerprint density at radius 3 is 2.85 bits per heavy atom. The Morgan fingerprint density at radius 1 is 1.35 bits per heavy atom. The third-order valence-electron chi connectivity index (χ3n) is 2.64. The standard InChI is InChI=1S/C15H13FN2O2/c1-11-5-15(20)18(10-17-11)9-13-6-12(3-2-4-19)7-14(16)8-13/h5-8,10,19H,4,9H2,1H3. The predicted octanol–water partition coefficient (Wildman–Crippen LogP) is 1.08. The molecule has 0 atom stereocenters. The summed E-state index contributed by atoms with van der Waals surface area (Å²) in [6, 6.07) is 5.72. The molecule has 1 aromatic carbocycles. The van der Waals surface area contributed by atoms with E-state index in [4.69, 9.17) is 5.11 Å². The van der Waals surface area contributed by atoms with Crippen LogP contribution < -0.4 is 5.56 Å². The van der Waals surface area contributed by atoms with Gasteiger partial charge in [-0.3, -0.25) is 9.36 Å². The number of aliphatic hydroxyl groups is 1. The Kier molecular flexibility index (Phi) is 4.28. The van der Waals surface area contributed by atoms with Gasteiger partial charge in [-0.05, 0) is 30.7 Å². The van der Waals surface area contributed by atoms with Gasteiger partial charge in [-0.25, -0.2) is 9.37 Å². The summed E-state index contributed by atoms with van der Waals surface area (Å²) < 4.78 is 14.9. The van der Waals surface area contributed by atoms with Crippen LogP contribution in [0.15, 0.2) is 35.4 Å². The maximum atomic E-state index is 13.5. The van der Waals surface area contributed by atoms with Crippen LogP contribution in [-0.2, 0) is 6.54 Å². The second-order valence-corrected chi connectivity index (χ2v) is 4.30. The molecule has 1 heterocycles. The maximum Gasteiger partial charge on any atom is 0.253 e. The Morgan fingerprint density at radius 2 is 2.15 bits per heavy atom. The van der Waals surface area contributed by atoms with Crippen LogP contribution in [0.4, 0.5) is 4.39 Å². The molecule has 0 aliphatic rings. The first-order valence-electron chi connectivity index (χ1n) is 6.01. The summed E-state index contributed by atoms with van der Waals surface area (Å²) in [6.45, 7) is 1.67. The largest absolute Gasteiger partial charge is 0.384 e. The second kappa shape index (κ2) is 6.13. The van der Waals surface area contributed by atoms with Gasteiger partial charge in [-0.2, -0.15) is 0 Å². The maximum absolute atomic E-state index is 13.5. The molecule has 0 saturated heterocycles. The van der Waals surface area contributed by atoms with Gasteiger partial charge in [-0.1, -0.05) is 11.8 Å². The van der Waals surface area contributed by atoms with E-state index in [1.165, 1.54) is 29.1 Å². The molecule has 5 heteroatoms. The second-order valence-electron chi connectivity index (χ2n) is 4.30. The third-order valence-corrected chi connectivity index (χ3v) is 2.64. The average molecular weight is 272 g/mol. The minimum Gasteiger partial charge on any atom is -0.384 e. The highest BCUT2D eigenvalue weighted by Gasteiger charge is 2.03. The van der Waals surface area contributed by atoms with Crippen LogP contribution in [0.2, 0.25) is 0 Å². The van der Waals surface area contributed by atoms with E-state index in [1.807, 2.05) is 0 Å². The van der Waals surface area contributed by atoms with E-state index >= 15 is 0 Å². The molecule has 102 valence electrons. The fraction of sp³-hybridized carbons (Fsp3) is 0.200. The van der Waals surface area contributed by atoms with Crippen LogP contribution in [-0.4, -0.2) is 21.3 Å². The monoisotopic (exact) mass is 272 g/mol. The van der Waals surface area contributed by atoms with E-state index in [0.717, 1.165) is 0 Å². The quantitative estimate of drug-likeness (QED) is 0.832. The highest BCUT2D eigenvalue weighted by molar-refractivity contribution is 5.38. The van der Waals surface area contributed by atoms with Crippen LogP contribution in [0.3, 0.4) is 0 Å². The topological polar surface area (TPSA) is 55.1 Å². The number of aryl methyl sites for hydroxylation is 1. The number of hydrogen-bond donors (Lipinski definition) is 1. The highest BCUT2D eigenvalue weighted by atomic mass is 19.1. The molecule has 0 bridgehead atoms. The lowest BCUT2D eigenvalue weighted by atomic mass is 10.1. The number of halogens is 1. The Labute approximate surface area is 115 Å². The van der Waals surface area contributed by atoms with E-state index in [1.54, 1.807) is 13.0 Å². The lowest BCUT2D eigenvalue weighted by molar-refractivity contribution is 0.350. The molecule has 0 unspecified atom stereocenters. The summed E-state index contributed by atoms with van der Waals surface area (Å²) in [6.07, 6.45) is 1.43. The number of hydrogen-bond acceptors (Lipinski definition) is 3. The van der Waals surface area contributed by atoms with Crippen molar-refractivity contribution in [1.29, 1.82) is 0 Å². The molecule has 0 aliphatic carbocycles. The SMILES string of the molecule is Cc1cc(=O)n(Cc2cc(F)cc(C#CCO)c2)cn1. The summed E-state index contributed by atoms with van der Waals surface area (Å²) >= 11 is 0. The van der Waals surface area contributed by atoms with Gasteiger partial charge in [0.05, 0.1) is 12.9 Å². The normalized spacial score (nSPS) is 9.95. The molecular formula is C15H13FN2O2. The molecule has 0 amide bonds. The van der Waals surface area contributed by atoms with Gasteiger partial charge in [0.2, 0.25) is 0 Å². The lowest BCUT2D eigenvalue weighted by Crippen LogP contribution is -2.20. The van der Waals surface area contributed by atoms with Gasteiger partial charge in [0.1, 0.15) is 12.4 Å². The molecule has 1 aromatic heterocycles. The van der Waals surface area contributed by atoms with Gasteiger partial charge < -0.3 is 5.11 Å². The van der Waals surface area contributed by atoms with E-state index in [0.29, 0.717) is 16.8 Å². The van der Waals surface area contributed by atoms with Crippen molar-refractivity contribution in [1.82, 2.24) is 9.55 Å². The zero-order valence-electron chi connectivity index (χ0n) is 10.9. The van der Waals surface area contributed by atoms with Crippen molar-refractivity contribution in [2.45, 2.75) is 13.5 Å². The van der Waals surface area contributed by atoms with E-state index in [9.17, 15) is 9.18 Å². The van der Waals surface area contributed by atoms with Crippen molar-refractivity contribution in [3.05, 3.63) is 63.6 Å². The van der Waals surface area contributed by atoms with Crippen molar-refractivity contribution < 1.29 is 9.50 Å². The number of aromatic nitrogens is 2. The van der Waals surface area contributed by atoms with Gasteiger partial charge in [0, 0.05) is 17.3 Å². The Balaban J connectivity index is 2.33. The summed E-state index contributed by atoms with van der Waals surface area (Å²) in [4.78, 5) is 15.8. The minimum absolute atomic E-state index is 0.190. The number of aliphatic hydroxyl groups excluding tert-OH is 1. The fourth-order valence-electron chi connectivity index (χ4n) is 1.79. The molecule has 1 N–H and O–H groups in total. The molecule has 0 aliphatic heterocycles. The van der Waals surface area contributed by atoms with Gasteiger partial charge in [0.25, 0.3) is 5.56 Å². The van der Waals surface area contributed by atoms with Crippen molar-refractivity contribution in [2.24, 2.45) is 0 Å². The van der Waals surface area contributed by atoms with Gasteiger partial charge in [0.15, 0.2) is 0 Å². The summed E-state index contributed by atoms with van der Waals surface area (Å²) in [5.41, 5.74) is 1.52. The van der Waals surface area contributed by atoms with E-state index in [2.05, 4.69) is 16.8 Å². The smallest absolute Gasteiger partial charge is 0.253 e. The first-order valence-corrected chi connectivity index (χ1v) is 6.01. The van der Waals surface area contributed by atoms with Crippen LogP contribution in [0.25, 0.3) is 0 Å². The van der Waals surface area contributed by atoms with Crippen LogP contribution in [0, 0.1) is 24.6 Å². The average Bonchev–Trinajstić information content (AvgIpc) is 2.39. The number of benzene rings is 1. The molecule has 20 heavy (non-hydrogen) atoms. The molecule has 0 saturated carbocycles. The summed E-state index contributed by atoms with van der Waals surface area (Å²) in [5, 5.41) is 8.64. The molecular weight excluding hydrogens is 259 g/mol. The minimum atomic E-state index is -0.433. The van der Waals surface area contributed by atoms with Crippen molar-refractivity contribution >= 4 is 0 Å². The molecule has 0 fully saturated rings. The van der Waals surface area contributed by atoms with Crippen LogP contribution >= 0.6 is 0 Å². The van der Waals surface area contributed by atoms with Crippen molar-refractivity contribution in [3.8, 4) is 11.8 Å². The molecule has 0 spiro atoms. The number of nitrogens with zero attached hydrogens (tertiary/aromatic N) is 2. The molecule has 2 rings (SSSR count). The van der Waals surface area contributed by atoms with Gasteiger partial charge >= 0.3 is 0 Å². The zero-order chi connectivity index (χ0) is 14.5. The summed E-state index contributed by atoms with van der Waals surface area (Å²) in [7, 11) is 0. The molecule has 0 radical (unpaired) electrons. The van der Waals surface area contributed by atoms with E-state index in [-0.39, 0.29) is 18.7 Å². The van der Waals surface area contributed by atoms with Crippen molar-refractivity contribution in [3.63, 3.8) is 0 Å². The van der Waals surface area contributed by atoms with Crippen molar-refractivity contribution in [2.75, 3.05) is 6.61 Å². The van der Waals surface area contributed by atoms with Crippen LogP contribution in [0.5, 0.6) is 0 Å². The zero-order valence-corrected chi connectivity index (χ0v) is 10.9. The Bertz CT molecular complexity index is 742. The first kappa shape index (κ1) is 14.0.